The summed E-state index contributed by atoms with van der Waals surface area (Å²) < 4.78 is 10.9. The molecular formula is C28H30ClNO4. The van der Waals surface area contributed by atoms with Crippen molar-refractivity contribution in [3.8, 4) is 5.75 Å². The molecule has 6 heteroatoms. The molecule has 1 heterocycles. The molecule has 2 aromatic carbocycles. The van der Waals surface area contributed by atoms with Crippen molar-refractivity contribution in [1.82, 2.24) is 5.32 Å². The molecule has 34 heavy (non-hydrogen) atoms. The Hall–Kier alpha value is -3.05. The van der Waals surface area contributed by atoms with Gasteiger partial charge in [-0.05, 0) is 60.6 Å². The van der Waals surface area contributed by atoms with Crippen LogP contribution in [0.5, 0.6) is 5.75 Å². The minimum absolute atomic E-state index is 0.0381. The van der Waals surface area contributed by atoms with E-state index in [0.29, 0.717) is 41.4 Å². The second-order valence-electron chi connectivity index (χ2n) is 9.33. The van der Waals surface area contributed by atoms with Crippen molar-refractivity contribution in [2.75, 3.05) is 13.7 Å². The highest BCUT2D eigenvalue weighted by Crippen LogP contribution is 2.46. The number of carbonyl (C=O) groups is 2. The quantitative estimate of drug-likeness (QED) is 0.522. The number of nitrogens with one attached hydrogen (secondary N) is 1. The van der Waals surface area contributed by atoms with Crippen LogP contribution in [0.15, 0.2) is 71.1 Å². The minimum atomic E-state index is -0.486. The number of carbonyl (C=O) groups excluding carboxylic acids is 2. The lowest BCUT2D eigenvalue weighted by Gasteiger charge is -2.36. The fraction of sp³-hybridized carbons (Fsp3) is 0.357. The van der Waals surface area contributed by atoms with E-state index in [0.717, 1.165) is 22.5 Å². The van der Waals surface area contributed by atoms with Crippen LogP contribution in [0.25, 0.3) is 0 Å². The van der Waals surface area contributed by atoms with Crippen LogP contribution in [-0.2, 0) is 14.3 Å². The lowest BCUT2D eigenvalue weighted by Crippen LogP contribution is -2.36. The molecule has 0 unspecified atom stereocenters. The lowest BCUT2D eigenvalue weighted by molar-refractivity contribution is -0.140. The standard InChI is InChI=1S/C28H30ClNO4/c1-16(2)15-34-28(32)25-17(3)30-23-13-20(18-5-9-21(29)10-6-18)14-24(31)27(23)26(25)19-7-11-22(33-4)12-8-19/h5-12,16,20,26,30H,13-15H2,1-4H3/t20-,26+/m1/s1. The minimum Gasteiger partial charge on any atom is -0.497 e. The third kappa shape index (κ3) is 4.90. The highest BCUT2D eigenvalue weighted by atomic mass is 35.5. The molecule has 0 radical (unpaired) electrons. The van der Waals surface area contributed by atoms with Gasteiger partial charge in [-0.1, -0.05) is 49.7 Å². The second kappa shape index (κ2) is 10.1. The van der Waals surface area contributed by atoms with E-state index in [-0.39, 0.29) is 17.6 Å². The van der Waals surface area contributed by atoms with Gasteiger partial charge in [-0.2, -0.15) is 0 Å². The largest absolute Gasteiger partial charge is 0.497 e. The van der Waals surface area contributed by atoms with E-state index in [1.54, 1.807) is 7.11 Å². The number of hydrogen-bond donors (Lipinski definition) is 1. The normalized spacial score (nSPS) is 20.2. The summed E-state index contributed by atoms with van der Waals surface area (Å²) in [5.74, 6) is 0.145. The van der Waals surface area contributed by atoms with E-state index >= 15 is 0 Å². The van der Waals surface area contributed by atoms with Crippen LogP contribution < -0.4 is 10.1 Å². The maximum atomic E-state index is 13.6. The van der Waals surface area contributed by atoms with Gasteiger partial charge in [0.25, 0.3) is 0 Å². The zero-order chi connectivity index (χ0) is 24.4. The van der Waals surface area contributed by atoms with Crippen molar-refractivity contribution in [3.05, 3.63) is 87.2 Å². The molecule has 2 atom stereocenters. The molecular weight excluding hydrogens is 450 g/mol. The van der Waals surface area contributed by atoms with Crippen LogP contribution in [0.2, 0.25) is 5.02 Å². The Morgan fingerprint density at radius 2 is 1.71 bits per heavy atom. The van der Waals surface area contributed by atoms with E-state index in [9.17, 15) is 9.59 Å². The van der Waals surface area contributed by atoms with Crippen molar-refractivity contribution in [2.24, 2.45) is 5.92 Å². The average Bonchev–Trinajstić information content (AvgIpc) is 2.82. The summed E-state index contributed by atoms with van der Waals surface area (Å²) in [7, 11) is 1.61. The predicted molar refractivity (Wildman–Crippen MR) is 133 cm³/mol. The number of dihydropyridines is 1. The molecule has 0 bridgehead atoms. The van der Waals surface area contributed by atoms with Gasteiger partial charge in [0.2, 0.25) is 0 Å². The number of rotatable bonds is 6. The highest BCUT2D eigenvalue weighted by Gasteiger charge is 2.41. The third-order valence-corrected chi connectivity index (χ3v) is 6.64. The number of esters is 1. The average molecular weight is 480 g/mol. The number of halogens is 1. The lowest BCUT2D eigenvalue weighted by atomic mass is 9.71. The van der Waals surface area contributed by atoms with Gasteiger partial charge in [0.15, 0.2) is 5.78 Å². The van der Waals surface area contributed by atoms with E-state index in [2.05, 4.69) is 5.32 Å². The van der Waals surface area contributed by atoms with Crippen molar-refractivity contribution < 1.29 is 19.1 Å². The number of ether oxygens (including phenoxy) is 2. The molecule has 5 nitrogen and oxygen atoms in total. The summed E-state index contributed by atoms with van der Waals surface area (Å²) in [5.41, 5.74) is 4.67. The van der Waals surface area contributed by atoms with Gasteiger partial charge < -0.3 is 14.8 Å². The first kappa shape index (κ1) is 24.1. The summed E-state index contributed by atoms with van der Waals surface area (Å²) in [6.07, 6.45) is 1.06. The van der Waals surface area contributed by atoms with Gasteiger partial charge in [-0.15, -0.1) is 0 Å². The van der Waals surface area contributed by atoms with Crippen LogP contribution in [0.1, 0.15) is 56.6 Å². The molecule has 1 aliphatic carbocycles. The van der Waals surface area contributed by atoms with Crippen LogP contribution in [0.3, 0.4) is 0 Å². The molecule has 1 aliphatic heterocycles. The molecule has 4 rings (SSSR count). The summed E-state index contributed by atoms with van der Waals surface area (Å²) in [6.45, 7) is 6.19. The fourth-order valence-corrected chi connectivity index (χ4v) is 4.86. The zero-order valence-corrected chi connectivity index (χ0v) is 20.7. The molecule has 1 N–H and O–H groups in total. The second-order valence-corrected chi connectivity index (χ2v) is 9.77. The Kier molecular flexibility index (Phi) is 7.13. The molecule has 0 amide bonds. The first-order valence-corrected chi connectivity index (χ1v) is 12.0. The predicted octanol–water partition coefficient (Wildman–Crippen LogP) is 5.91. The topological polar surface area (TPSA) is 64.6 Å². The van der Waals surface area contributed by atoms with Gasteiger partial charge >= 0.3 is 5.97 Å². The summed E-state index contributed by atoms with van der Waals surface area (Å²) in [4.78, 5) is 26.8. The Morgan fingerprint density at radius 3 is 2.32 bits per heavy atom. The van der Waals surface area contributed by atoms with E-state index in [1.165, 1.54) is 0 Å². The number of benzene rings is 2. The Morgan fingerprint density at radius 1 is 1.06 bits per heavy atom. The van der Waals surface area contributed by atoms with Gasteiger partial charge in [-0.25, -0.2) is 4.79 Å². The SMILES string of the molecule is COc1ccc([C@H]2C(C(=O)OCC(C)C)=C(C)NC3=C2C(=O)C[C@H](c2ccc(Cl)cc2)C3)cc1. The molecule has 178 valence electrons. The van der Waals surface area contributed by atoms with Crippen LogP contribution in [0.4, 0.5) is 0 Å². The van der Waals surface area contributed by atoms with Crippen molar-refractivity contribution in [1.29, 1.82) is 0 Å². The summed E-state index contributed by atoms with van der Waals surface area (Å²) in [6, 6.07) is 15.2. The van der Waals surface area contributed by atoms with E-state index < -0.39 is 11.9 Å². The highest BCUT2D eigenvalue weighted by molar-refractivity contribution is 6.30. The third-order valence-electron chi connectivity index (χ3n) is 6.39. The Labute approximate surface area is 205 Å². The molecule has 2 aliphatic rings. The summed E-state index contributed by atoms with van der Waals surface area (Å²) >= 11 is 6.06. The smallest absolute Gasteiger partial charge is 0.336 e. The maximum Gasteiger partial charge on any atom is 0.336 e. The van der Waals surface area contributed by atoms with Crippen molar-refractivity contribution >= 4 is 23.4 Å². The van der Waals surface area contributed by atoms with Crippen molar-refractivity contribution in [3.63, 3.8) is 0 Å². The van der Waals surface area contributed by atoms with Gasteiger partial charge in [0.05, 0.1) is 19.3 Å². The fourth-order valence-electron chi connectivity index (χ4n) is 4.73. The Bertz CT molecular complexity index is 1150. The number of allylic oxidation sites excluding steroid dienone is 3. The van der Waals surface area contributed by atoms with Crippen LogP contribution in [-0.4, -0.2) is 25.5 Å². The molecule has 0 aromatic heterocycles. The van der Waals surface area contributed by atoms with Gasteiger partial charge in [-0.3, -0.25) is 4.79 Å². The van der Waals surface area contributed by atoms with E-state index in [1.807, 2.05) is 69.3 Å². The maximum absolute atomic E-state index is 13.6. The number of hydrogen-bond acceptors (Lipinski definition) is 5. The molecule has 0 saturated heterocycles. The first-order chi connectivity index (χ1) is 16.3. The molecule has 0 saturated carbocycles. The Balaban J connectivity index is 1.75. The molecule has 0 spiro atoms. The first-order valence-electron chi connectivity index (χ1n) is 11.6. The van der Waals surface area contributed by atoms with Crippen molar-refractivity contribution in [2.45, 2.75) is 45.4 Å². The summed E-state index contributed by atoms with van der Waals surface area (Å²) in [5, 5.41) is 4.06. The molecule has 2 aromatic rings. The molecule has 0 fully saturated rings. The monoisotopic (exact) mass is 479 g/mol. The zero-order valence-electron chi connectivity index (χ0n) is 20.0. The number of Topliss-reactive ketones (excluding diaryl/α,β-unsaturated/α-hetero) is 1. The number of methoxy groups -OCH3 is 1. The van der Waals surface area contributed by atoms with Gasteiger partial charge in [0, 0.05) is 34.3 Å². The van der Waals surface area contributed by atoms with Crippen LogP contribution in [0, 0.1) is 5.92 Å². The number of ketones is 1. The van der Waals surface area contributed by atoms with Gasteiger partial charge in [0.1, 0.15) is 5.75 Å². The van der Waals surface area contributed by atoms with Crippen LogP contribution >= 0.6 is 11.6 Å². The van der Waals surface area contributed by atoms with E-state index in [4.69, 9.17) is 21.1 Å².